The Balaban J connectivity index is 1.42. The van der Waals surface area contributed by atoms with Crippen molar-refractivity contribution in [3.8, 4) is 0 Å². The van der Waals surface area contributed by atoms with Crippen molar-refractivity contribution in [3.63, 3.8) is 0 Å². The lowest BCUT2D eigenvalue weighted by atomic mass is 9.92. The van der Waals surface area contributed by atoms with Crippen molar-refractivity contribution < 1.29 is 29.9 Å². The van der Waals surface area contributed by atoms with Gasteiger partial charge in [0.2, 0.25) is 0 Å². The SMILES string of the molecule is OC[C@H]1N[C@H]([C@H](O)CCCC2CCCC3(CCCCO3)O2)[C@@H](O)[C@@H]1O. The van der Waals surface area contributed by atoms with E-state index in [1.54, 1.807) is 0 Å². The molecule has 3 rings (SSSR count). The van der Waals surface area contributed by atoms with Crippen LogP contribution in [0.2, 0.25) is 0 Å². The minimum atomic E-state index is -1.06. The van der Waals surface area contributed by atoms with Gasteiger partial charge in [-0.1, -0.05) is 0 Å². The van der Waals surface area contributed by atoms with Crippen LogP contribution in [0.25, 0.3) is 0 Å². The number of nitrogens with one attached hydrogen (secondary N) is 1. The number of aliphatic hydroxyl groups is 4. The summed E-state index contributed by atoms with van der Waals surface area (Å²) in [5.74, 6) is -0.374. The van der Waals surface area contributed by atoms with Gasteiger partial charge in [-0.15, -0.1) is 0 Å². The van der Waals surface area contributed by atoms with E-state index in [1.807, 2.05) is 0 Å². The first kappa shape index (κ1) is 19.5. The predicted octanol–water partition coefficient (Wildman–Crippen LogP) is 0.0380. The van der Waals surface area contributed by atoms with Gasteiger partial charge in [-0.05, 0) is 44.9 Å². The van der Waals surface area contributed by atoms with Gasteiger partial charge in [0.05, 0.1) is 49.7 Å². The van der Waals surface area contributed by atoms with Crippen LogP contribution in [0.3, 0.4) is 0 Å². The highest BCUT2D eigenvalue weighted by Crippen LogP contribution is 2.38. The van der Waals surface area contributed by atoms with Gasteiger partial charge in [-0.25, -0.2) is 0 Å². The molecule has 1 spiro atoms. The molecule has 146 valence electrons. The molecule has 7 nitrogen and oxygen atoms in total. The van der Waals surface area contributed by atoms with Crippen molar-refractivity contribution >= 4 is 0 Å². The summed E-state index contributed by atoms with van der Waals surface area (Å²) >= 11 is 0. The Kier molecular flexibility index (Phi) is 6.71. The van der Waals surface area contributed by atoms with E-state index in [4.69, 9.17) is 9.47 Å². The van der Waals surface area contributed by atoms with Crippen molar-refractivity contribution in [3.05, 3.63) is 0 Å². The van der Waals surface area contributed by atoms with Crippen molar-refractivity contribution in [1.29, 1.82) is 0 Å². The van der Waals surface area contributed by atoms with E-state index in [0.717, 1.165) is 58.0 Å². The van der Waals surface area contributed by atoms with Gasteiger partial charge in [-0.2, -0.15) is 0 Å². The molecule has 0 bridgehead atoms. The second kappa shape index (κ2) is 8.61. The maximum atomic E-state index is 10.3. The van der Waals surface area contributed by atoms with Crippen molar-refractivity contribution in [2.45, 2.75) is 100 Å². The maximum Gasteiger partial charge on any atom is 0.168 e. The van der Waals surface area contributed by atoms with E-state index in [0.29, 0.717) is 6.42 Å². The summed E-state index contributed by atoms with van der Waals surface area (Å²) in [6.45, 7) is 0.518. The zero-order valence-electron chi connectivity index (χ0n) is 14.8. The lowest BCUT2D eigenvalue weighted by Gasteiger charge is -2.43. The second-order valence-corrected chi connectivity index (χ2v) is 7.81. The minimum Gasteiger partial charge on any atom is -0.395 e. The third-order valence-corrected chi connectivity index (χ3v) is 5.96. The summed E-state index contributed by atoms with van der Waals surface area (Å²) in [7, 11) is 0. The quantitative estimate of drug-likeness (QED) is 0.455. The Morgan fingerprint density at radius 1 is 1.12 bits per heavy atom. The standard InChI is InChI=1S/C18H33NO6/c20-11-13-16(22)17(23)15(19-13)14(21)7-3-5-12-6-4-9-18(25-12)8-1-2-10-24-18/h12-17,19-23H,1-11H2/t12?,13-,14-,15-,16-,17-,18?/m1/s1. The van der Waals surface area contributed by atoms with Crippen LogP contribution < -0.4 is 5.32 Å². The molecule has 3 fully saturated rings. The highest BCUT2D eigenvalue weighted by Gasteiger charge is 2.44. The number of hydrogen-bond donors (Lipinski definition) is 5. The molecule has 3 aliphatic rings. The van der Waals surface area contributed by atoms with Gasteiger partial charge in [0.25, 0.3) is 0 Å². The average Bonchev–Trinajstić information content (AvgIpc) is 2.90. The average molecular weight is 359 g/mol. The fourth-order valence-corrected chi connectivity index (χ4v) is 4.47. The molecule has 0 aliphatic carbocycles. The summed E-state index contributed by atoms with van der Waals surface area (Å²) < 4.78 is 12.2. The molecule has 25 heavy (non-hydrogen) atoms. The molecule has 3 heterocycles. The molecule has 0 radical (unpaired) electrons. The summed E-state index contributed by atoms with van der Waals surface area (Å²) in [4.78, 5) is 0. The molecular weight excluding hydrogens is 326 g/mol. The first-order valence-electron chi connectivity index (χ1n) is 9.77. The van der Waals surface area contributed by atoms with Crippen molar-refractivity contribution in [2.75, 3.05) is 13.2 Å². The van der Waals surface area contributed by atoms with Gasteiger partial charge in [-0.3, -0.25) is 0 Å². The molecule has 0 amide bonds. The van der Waals surface area contributed by atoms with Crippen LogP contribution >= 0.6 is 0 Å². The fraction of sp³-hybridized carbons (Fsp3) is 1.00. The summed E-state index contributed by atoms with van der Waals surface area (Å²) in [6, 6.07) is -1.19. The Morgan fingerprint density at radius 3 is 2.60 bits per heavy atom. The fourth-order valence-electron chi connectivity index (χ4n) is 4.47. The molecule has 0 aromatic heterocycles. The highest BCUT2D eigenvalue weighted by atomic mass is 16.7. The number of hydrogen-bond acceptors (Lipinski definition) is 7. The van der Waals surface area contributed by atoms with E-state index < -0.39 is 30.4 Å². The van der Waals surface area contributed by atoms with Gasteiger partial charge in [0, 0.05) is 12.8 Å². The second-order valence-electron chi connectivity index (χ2n) is 7.81. The van der Waals surface area contributed by atoms with E-state index >= 15 is 0 Å². The molecule has 3 saturated heterocycles. The lowest BCUT2D eigenvalue weighted by molar-refractivity contribution is -0.295. The maximum absolute atomic E-state index is 10.3. The van der Waals surface area contributed by atoms with E-state index in [9.17, 15) is 20.4 Å². The monoisotopic (exact) mass is 359 g/mol. The molecule has 7 heteroatoms. The lowest BCUT2D eigenvalue weighted by Crippen LogP contribution is -2.45. The van der Waals surface area contributed by atoms with Gasteiger partial charge >= 0.3 is 0 Å². The van der Waals surface area contributed by atoms with Crippen LogP contribution in [-0.4, -0.2) is 75.9 Å². The number of rotatable bonds is 6. The van der Waals surface area contributed by atoms with E-state index in [-0.39, 0.29) is 18.5 Å². The van der Waals surface area contributed by atoms with Crippen molar-refractivity contribution in [2.24, 2.45) is 0 Å². The van der Waals surface area contributed by atoms with E-state index in [2.05, 4.69) is 5.32 Å². The smallest absolute Gasteiger partial charge is 0.168 e. The van der Waals surface area contributed by atoms with Crippen LogP contribution in [0.15, 0.2) is 0 Å². The third-order valence-electron chi connectivity index (χ3n) is 5.96. The topological polar surface area (TPSA) is 111 Å². The van der Waals surface area contributed by atoms with Crippen LogP contribution in [-0.2, 0) is 9.47 Å². The molecule has 0 aromatic carbocycles. The largest absolute Gasteiger partial charge is 0.395 e. The van der Waals surface area contributed by atoms with Crippen LogP contribution in [0.4, 0.5) is 0 Å². The Morgan fingerprint density at radius 2 is 1.92 bits per heavy atom. The molecule has 0 saturated carbocycles. The first-order valence-corrected chi connectivity index (χ1v) is 9.77. The van der Waals surface area contributed by atoms with Gasteiger partial charge < -0.3 is 35.2 Å². The third kappa shape index (κ3) is 4.53. The number of aliphatic hydroxyl groups excluding tert-OH is 4. The summed E-state index contributed by atoms with van der Waals surface area (Å²) in [5.41, 5.74) is 0. The predicted molar refractivity (Wildman–Crippen MR) is 90.9 cm³/mol. The van der Waals surface area contributed by atoms with Gasteiger partial charge in [0.1, 0.15) is 0 Å². The molecule has 3 aliphatic heterocycles. The van der Waals surface area contributed by atoms with Crippen LogP contribution in [0.5, 0.6) is 0 Å². The molecule has 0 aromatic rings. The Hall–Kier alpha value is -0.280. The zero-order chi connectivity index (χ0) is 17.9. The Bertz CT molecular complexity index is 409. The van der Waals surface area contributed by atoms with Crippen LogP contribution in [0.1, 0.15) is 57.8 Å². The first-order chi connectivity index (χ1) is 12.0. The molecule has 2 unspecified atom stereocenters. The Labute approximate surface area is 149 Å². The zero-order valence-corrected chi connectivity index (χ0v) is 14.8. The summed E-state index contributed by atoms with van der Waals surface area (Å²) in [5, 5.41) is 42.3. The minimum absolute atomic E-state index is 0.163. The molecule has 7 atom stereocenters. The normalized spacial score (nSPS) is 43.4. The molecular formula is C18H33NO6. The number of ether oxygens (including phenoxy) is 2. The highest BCUT2D eigenvalue weighted by molar-refractivity contribution is 5.00. The molecule has 5 N–H and O–H groups in total. The van der Waals surface area contributed by atoms with Crippen LogP contribution in [0, 0.1) is 0 Å². The van der Waals surface area contributed by atoms with Gasteiger partial charge in [0.15, 0.2) is 5.79 Å². The summed E-state index contributed by atoms with van der Waals surface area (Å²) in [6.07, 6.45) is 5.82. The van der Waals surface area contributed by atoms with Crippen molar-refractivity contribution in [1.82, 2.24) is 5.32 Å². The van der Waals surface area contributed by atoms with E-state index in [1.165, 1.54) is 0 Å².